The van der Waals surface area contributed by atoms with Crippen LogP contribution in [-0.2, 0) is 6.42 Å². The molecule has 0 aliphatic heterocycles. The van der Waals surface area contributed by atoms with Gasteiger partial charge in [0.05, 0.1) is 11.6 Å². The Balaban J connectivity index is 2.40. The van der Waals surface area contributed by atoms with E-state index >= 15 is 0 Å². The first-order chi connectivity index (χ1) is 8.60. The zero-order chi connectivity index (χ0) is 13.1. The molecule has 90 valence electrons. The summed E-state index contributed by atoms with van der Waals surface area (Å²) in [7, 11) is 0. The molecule has 0 aromatic heterocycles. The van der Waals surface area contributed by atoms with Crippen LogP contribution in [-0.4, -0.2) is 0 Å². The molecule has 2 aromatic carbocycles. The highest BCUT2D eigenvalue weighted by molar-refractivity contribution is 5.42. The number of halogens is 2. The minimum absolute atomic E-state index is 0.0491. The van der Waals surface area contributed by atoms with Gasteiger partial charge >= 0.3 is 0 Å². The molecule has 0 N–H and O–H groups in total. The molecule has 3 heteroatoms. The summed E-state index contributed by atoms with van der Waals surface area (Å²) < 4.78 is 26.7. The molecule has 0 saturated heterocycles. The van der Waals surface area contributed by atoms with Crippen molar-refractivity contribution in [1.82, 2.24) is 0 Å². The zero-order valence-corrected chi connectivity index (χ0v) is 9.87. The predicted molar refractivity (Wildman–Crippen MR) is 65.1 cm³/mol. The topological polar surface area (TPSA) is 23.8 Å². The Kier molecular flexibility index (Phi) is 3.38. The van der Waals surface area contributed by atoms with E-state index in [1.165, 1.54) is 0 Å². The monoisotopic (exact) mass is 243 g/mol. The number of nitrogens with zero attached hydrogens (tertiary/aromatic N) is 1. The SMILES string of the molecule is Cc1ccc(Cc2c(F)cc(F)cc2C#N)cc1. The predicted octanol–water partition coefficient (Wildman–Crippen LogP) is 3.74. The van der Waals surface area contributed by atoms with Crippen molar-refractivity contribution in [3.8, 4) is 6.07 Å². The van der Waals surface area contributed by atoms with Crippen molar-refractivity contribution in [2.45, 2.75) is 13.3 Å². The maximum atomic E-state index is 13.7. The molecule has 0 bridgehead atoms. The Morgan fingerprint density at radius 2 is 1.78 bits per heavy atom. The fourth-order valence-corrected chi connectivity index (χ4v) is 1.79. The summed E-state index contributed by atoms with van der Waals surface area (Å²) in [6, 6.07) is 11.3. The van der Waals surface area contributed by atoms with Crippen LogP contribution in [0.15, 0.2) is 36.4 Å². The maximum Gasteiger partial charge on any atom is 0.130 e. The van der Waals surface area contributed by atoms with Crippen LogP contribution in [0.3, 0.4) is 0 Å². The van der Waals surface area contributed by atoms with Crippen molar-refractivity contribution in [1.29, 1.82) is 5.26 Å². The number of aryl methyl sites for hydroxylation is 1. The lowest BCUT2D eigenvalue weighted by molar-refractivity contribution is 0.573. The normalized spacial score (nSPS) is 10.1. The zero-order valence-electron chi connectivity index (χ0n) is 9.87. The highest BCUT2D eigenvalue weighted by Crippen LogP contribution is 2.19. The van der Waals surface area contributed by atoms with Crippen molar-refractivity contribution >= 4 is 0 Å². The molecule has 2 aromatic rings. The van der Waals surface area contributed by atoms with Gasteiger partial charge in [0.2, 0.25) is 0 Å². The number of rotatable bonds is 2. The van der Waals surface area contributed by atoms with Crippen LogP contribution in [0.5, 0.6) is 0 Å². The molecule has 18 heavy (non-hydrogen) atoms. The van der Waals surface area contributed by atoms with Gasteiger partial charge in [0.25, 0.3) is 0 Å². The van der Waals surface area contributed by atoms with Crippen molar-refractivity contribution in [2.75, 3.05) is 0 Å². The highest BCUT2D eigenvalue weighted by Gasteiger charge is 2.11. The summed E-state index contributed by atoms with van der Waals surface area (Å²) in [5.74, 6) is -1.40. The lowest BCUT2D eigenvalue weighted by Crippen LogP contribution is -1.98. The van der Waals surface area contributed by atoms with Crippen molar-refractivity contribution < 1.29 is 8.78 Å². The first-order valence-electron chi connectivity index (χ1n) is 5.53. The molecule has 0 saturated carbocycles. The molecule has 0 heterocycles. The fraction of sp³-hybridized carbons (Fsp3) is 0.133. The van der Waals surface area contributed by atoms with Gasteiger partial charge in [-0.05, 0) is 18.6 Å². The van der Waals surface area contributed by atoms with Gasteiger partial charge in [0.15, 0.2) is 0 Å². The number of benzene rings is 2. The number of hydrogen-bond donors (Lipinski definition) is 0. The Labute approximate surface area is 104 Å². The third-order valence-corrected chi connectivity index (χ3v) is 2.78. The van der Waals surface area contributed by atoms with Crippen molar-refractivity contribution in [3.05, 3.63) is 70.3 Å². The van der Waals surface area contributed by atoms with E-state index in [2.05, 4.69) is 0 Å². The van der Waals surface area contributed by atoms with E-state index in [1.54, 1.807) is 0 Å². The van der Waals surface area contributed by atoms with E-state index in [0.717, 1.165) is 23.3 Å². The summed E-state index contributed by atoms with van der Waals surface area (Å²) >= 11 is 0. The third kappa shape index (κ3) is 2.54. The van der Waals surface area contributed by atoms with Gasteiger partial charge in [0.1, 0.15) is 11.6 Å². The first-order valence-corrected chi connectivity index (χ1v) is 5.53. The van der Waals surface area contributed by atoms with Gasteiger partial charge in [-0.2, -0.15) is 5.26 Å². The number of nitriles is 1. The van der Waals surface area contributed by atoms with Crippen LogP contribution in [0, 0.1) is 29.9 Å². The Bertz CT molecular complexity index is 610. The van der Waals surface area contributed by atoms with Gasteiger partial charge in [-0.25, -0.2) is 8.78 Å². The molecule has 2 rings (SSSR count). The standard InChI is InChI=1S/C15H11F2N/c1-10-2-4-11(5-3-10)6-14-12(9-18)7-13(16)8-15(14)17/h2-5,7-8H,6H2,1H3. The molecule has 0 aliphatic carbocycles. The molecule has 0 atom stereocenters. The van der Waals surface area contributed by atoms with Crippen LogP contribution < -0.4 is 0 Å². The molecule has 0 aliphatic rings. The molecule has 0 fully saturated rings. The van der Waals surface area contributed by atoms with E-state index in [9.17, 15) is 8.78 Å². The van der Waals surface area contributed by atoms with Crippen molar-refractivity contribution in [2.24, 2.45) is 0 Å². The Hall–Kier alpha value is -2.21. The van der Waals surface area contributed by atoms with Gasteiger partial charge in [0, 0.05) is 18.1 Å². The Morgan fingerprint density at radius 3 is 2.39 bits per heavy atom. The van der Waals surface area contributed by atoms with E-state index in [-0.39, 0.29) is 17.5 Å². The summed E-state index contributed by atoms with van der Waals surface area (Å²) in [5, 5.41) is 8.91. The van der Waals surface area contributed by atoms with Gasteiger partial charge in [-0.1, -0.05) is 29.8 Å². The molecule has 1 nitrogen and oxygen atoms in total. The summed E-state index contributed by atoms with van der Waals surface area (Å²) in [6.07, 6.45) is 0.287. The molecule has 0 radical (unpaired) electrons. The Morgan fingerprint density at radius 1 is 1.11 bits per heavy atom. The molecule has 0 spiro atoms. The van der Waals surface area contributed by atoms with Gasteiger partial charge in [-0.3, -0.25) is 0 Å². The molecule has 0 amide bonds. The average Bonchev–Trinajstić information content (AvgIpc) is 2.34. The third-order valence-electron chi connectivity index (χ3n) is 2.78. The smallest absolute Gasteiger partial charge is 0.130 e. The van der Waals surface area contributed by atoms with E-state index in [4.69, 9.17) is 5.26 Å². The second-order valence-electron chi connectivity index (χ2n) is 4.19. The quantitative estimate of drug-likeness (QED) is 0.788. The van der Waals surface area contributed by atoms with Crippen LogP contribution in [0.1, 0.15) is 22.3 Å². The van der Waals surface area contributed by atoms with Crippen LogP contribution in [0.4, 0.5) is 8.78 Å². The van der Waals surface area contributed by atoms with E-state index in [1.807, 2.05) is 37.3 Å². The van der Waals surface area contributed by atoms with Crippen LogP contribution >= 0.6 is 0 Å². The van der Waals surface area contributed by atoms with Gasteiger partial charge in [-0.15, -0.1) is 0 Å². The second kappa shape index (κ2) is 4.97. The molecular weight excluding hydrogens is 232 g/mol. The lowest BCUT2D eigenvalue weighted by atomic mass is 9.99. The van der Waals surface area contributed by atoms with Crippen LogP contribution in [0.2, 0.25) is 0 Å². The second-order valence-corrected chi connectivity index (χ2v) is 4.19. The number of hydrogen-bond acceptors (Lipinski definition) is 1. The highest BCUT2D eigenvalue weighted by atomic mass is 19.1. The first kappa shape index (κ1) is 12.3. The van der Waals surface area contributed by atoms with Crippen molar-refractivity contribution in [3.63, 3.8) is 0 Å². The molecular formula is C15H11F2N. The van der Waals surface area contributed by atoms with E-state index < -0.39 is 11.6 Å². The largest absolute Gasteiger partial charge is 0.207 e. The van der Waals surface area contributed by atoms with Crippen LogP contribution in [0.25, 0.3) is 0 Å². The lowest BCUT2D eigenvalue weighted by Gasteiger charge is -2.06. The summed E-state index contributed by atoms with van der Waals surface area (Å²) in [5.41, 5.74) is 2.29. The fourth-order valence-electron chi connectivity index (χ4n) is 1.79. The minimum Gasteiger partial charge on any atom is -0.207 e. The van der Waals surface area contributed by atoms with E-state index in [0.29, 0.717) is 0 Å². The average molecular weight is 243 g/mol. The maximum absolute atomic E-state index is 13.7. The minimum atomic E-state index is -0.725. The summed E-state index contributed by atoms with van der Waals surface area (Å²) in [6.45, 7) is 1.96. The van der Waals surface area contributed by atoms with Gasteiger partial charge < -0.3 is 0 Å². The summed E-state index contributed by atoms with van der Waals surface area (Å²) in [4.78, 5) is 0. The molecule has 0 unspecified atom stereocenters.